The average molecular weight is 468 g/mol. The molecule has 2 fully saturated rings. The van der Waals surface area contributed by atoms with Gasteiger partial charge >= 0.3 is 6.01 Å². The Morgan fingerprint density at radius 2 is 1.65 bits per heavy atom. The number of ether oxygens (including phenoxy) is 2. The molecule has 2 saturated heterocycles. The van der Waals surface area contributed by atoms with Crippen LogP contribution in [0.4, 0.5) is 16.1 Å². The van der Waals surface area contributed by atoms with Crippen LogP contribution in [0.5, 0.6) is 11.5 Å². The number of halogens is 1. The van der Waals surface area contributed by atoms with E-state index in [2.05, 4.69) is 19.9 Å². The van der Waals surface area contributed by atoms with Gasteiger partial charge in [0, 0.05) is 55.3 Å². The van der Waals surface area contributed by atoms with Crippen molar-refractivity contribution in [3.63, 3.8) is 0 Å². The van der Waals surface area contributed by atoms with E-state index in [1.807, 2.05) is 31.2 Å². The van der Waals surface area contributed by atoms with E-state index in [9.17, 15) is 4.39 Å². The summed E-state index contributed by atoms with van der Waals surface area (Å²) in [6.07, 6.45) is 4.34. The molecule has 1 spiro atoms. The van der Waals surface area contributed by atoms with Gasteiger partial charge in [0.1, 0.15) is 11.5 Å². The Balaban J connectivity index is 1.29. The van der Waals surface area contributed by atoms with Gasteiger partial charge in [-0.1, -0.05) is 5.16 Å². The lowest BCUT2D eigenvalue weighted by Gasteiger charge is -2.47. The van der Waals surface area contributed by atoms with Crippen LogP contribution in [-0.4, -0.2) is 55.5 Å². The van der Waals surface area contributed by atoms with Gasteiger partial charge in [-0.25, -0.2) is 4.98 Å². The summed E-state index contributed by atoms with van der Waals surface area (Å²) in [4.78, 5) is 13.0. The number of piperidine rings is 2. The Hall–Kier alpha value is -3.36. The topological polar surface area (TPSA) is 76.8 Å². The summed E-state index contributed by atoms with van der Waals surface area (Å²) in [5, 5.41) is 4.23. The number of methoxy groups -OCH3 is 2. The number of hydrogen-bond acceptors (Lipinski definition) is 8. The summed E-state index contributed by atoms with van der Waals surface area (Å²) < 4.78 is 30.2. The minimum Gasteiger partial charge on any atom is -0.497 e. The third-order valence-corrected chi connectivity index (χ3v) is 7.05. The van der Waals surface area contributed by atoms with E-state index in [1.165, 1.54) is 12.5 Å². The molecule has 2 aliphatic heterocycles. The summed E-state index contributed by atoms with van der Waals surface area (Å²) in [5.41, 5.74) is 2.61. The van der Waals surface area contributed by atoms with Crippen LogP contribution in [0.1, 0.15) is 31.4 Å². The lowest BCUT2D eigenvalue weighted by atomic mass is 9.72. The molecule has 5 rings (SSSR count). The van der Waals surface area contributed by atoms with Crippen molar-refractivity contribution in [1.82, 2.24) is 15.1 Å². The SMILES string of the molecule is COc1cc(OC)cc(-c2noc(N3CCCC4(CCN(c5cc(C)nc(F)c5)CC4)C3)n2)c1. The highest BCUT2D eigenvalue weighted by molar-refractivity contribution is 5.61. The van der Waals surface area contributed by atoms with Gasteiger partial charge in [0.15, 0.2) is 0 Å². The molecule has 0 bridgehead atoms. The highest BCUT2D eigenvalue weighted by Crippen LogP contribution is 2.42. The lowest BCUT2D eigenvalue weighted by molar-refractivity contribution is 0.174. The Kier molecular flexibility index (Phi) is 6.02. The monoisotopic (exact) mass is 467 g/mol. The smallest absolute Gasteiger partial charge is 0.324 e. The Bertz CT molecular complexity index is 1120. The molecule has 8 nitrogen and oxygen atoms in total. The zero-order valence-corrected chi connectivity index (χ0v) is 19.9. The quantitative estimate of drug-likeness (QED) is 0.508. The van der Waals surface area contributed by atoms with Crippen LogP contribution in [0.15, 0.2) is 34.9 Å². The second kappa shape index (κ2) is 9.12. The first-order chi connectivity index (χ1) is 16.5. The molecule has 0 amide bonds. The number of nitrogens with zero attached hydrogens (tertiary/aromatic N) is 5. The minimum absolute atomic E-state index is 0.198. The van der Waals surface area contributed by atoms with Crippen LogP contribution in [0, 0.1) is 18.3 Å². The molecule has 180 valence electrons. The molecule has 34 heavy (non-hydrogen) atoms. The number of pyridine rings is 1. The first kappa shape index (κ1) is 22.4. The molecular weight excluding hydrogens is 437 g/mol. The van der Waals surface area contributed by atoms with Crippen molar-refractivity contribution >= 4 is 11.7 Å². The second-order valence-corrected chi connectivity index (χ2v) is 9.30. The number of aromatic nitrogens is 3. The van der Waals surface area contributed by atoms with E-state index in [1.54, 1.807) is 14.2 Å². The fraction of sp³-hybridized carbons (Fsp3) is 0.480. The van der Waals surface area contributed by atoms with E-state index in [0.29, 0.717) is 29.0 Å². The van der Waals surface area contributed by atoms with Crippen molar-refractivity contribution in [1.29, 1.82) is 0 Å². The van der Waals surface area contributed by atoms with Crippen LogP contribution in [0.2, 0.25) is 0 Å². The molecule has 0 aliphatic carbocycles. The van der Waals surface area contributed by atoms with Gasteiger partial charge < -0.3 is 23.8 Å². The number of hydrogen-bond donors (Lipinski definition) is 0. The molecule has 0 N–H and O–H groups in total. The van der Waals surface area contributed by atoms with Crippen molar-refractivity contribution in [2.75, 3.05) is 50.2 Å². The van der Waals surface area contributed by atoms with Gasteiger partial charge in [0.2, 0.25) is 11.8 Å². The van der Waals surface area contributed by atoms with Gasteiger partial charge in [0.25, 0.3) is 0 Å². The average Bonchev–Trinajstić information content (AvgIpc) is 3.34. The second-order valence-electron chi connectivity index (χ2n) is 9.30. The van der Waals surface area contributed by atoms with Gasteiger partial charge in [-0.3, -0.25) is 0 Å². The third-order valence-electron chi connectivity index (χ3n) is 7.05. The van der Waals surface area contributed by atoms with Crippen molar-refractivity contribution in [2.24, 2.45) is 5.41 Å². The van der Waals surface area contributed by atoms with Crippen LogP contribution >= 0.6 is 0 Å². The predicted molar refractivity (Wildman–Crippen MR) is 127 cm³/mol. The van der Waals surface area contributed by atoms with Gasteiger partial charge in [-0.05, 0) is 56.2 Å². The van der Waals surface area contributed by atoms with Gasteiger partial charge in [-0.2, -0.15) is 9.37 Å². The van der Waals surface area contributed by atoms with E-state index in [4.69, 9.17) is 19.0 Å². The van der Waals surface area contributed by atoms with Gasteiger partial charge in [-0.15, -0.1) is 0 Å². The maximum atomic E-state index is 13.8. The Morgan fingerprint density at radius 1 is 0.912 bits per heavy atom. The maximum absolute atomic E-state index is 13.8. The fourth-order valence-corrected chi connectivity index (χ4v) is 5.21. The largest absolute Gasteiger partial charge is 0.497 e. The van der Waals surface area contributed by atoms with Crippen LogP contribution in [0.25, 0.3) is 11.4 Å². The molecule has 0 saturated carbocycles. The highest BCUT2D eigenvalue weighted by Gasteiger charge is 2.40. The third kappa shape index (κ3) is 4.51. The molecule has 2 aromatic heterocycles. The molecule has 2 aliphatic rings. The molecule has 1 aromatic carbocycles. The van der Waals surface area contributed by atoms with E-state index in [-0.39, 0.29) is 5.41 Å². The van der Waals surface area contributed by atoms with Crippen LogP contribution < -0.4 is 19.3 Å². The summed E-state index contributed by atoms with van der Waals surface area (Å²) in [6, 6.07) is 9.59. The summed E-state index contributed by atoms with van der Waals surface area (Å²) in [5.74, 6) is 1.44. The molecular formula is C25H30FN5O3. The van der Waals surface area contributed by atoms with Crippen molar-refractivity contribution in [2.45, 2.75) is 32.6 Å². The van der Waals surface area contributed by atoms with Crippen LogP contribution in [0.3, 0.4) is 0 Å². The van der Waals surface area contributed by atoms with E-state index < -0.39 is 5.95 Å². The molecule has 0 atom stereocenters. The summed E-state index contributed by atoms with van der Waals surface area (Å²) in [6.45, 7) is 5.40. The Morgan fingerprint density at radius 3 is 2.32 bits per heavy atom. The molecule has 0 radical (unpaired) electrons. The number of aryl methyl sites for hydroxylation is 1. The zero-order chi connectivity index (χ0) is 23.7. The Labute approximate surface area is 198 Å². The lowest BCUT2D eigenvalue weighted by Crippen LogP contribution is -2.50. The molecule has 4 heterocycles. The van der Waals surface area contributed by atoms with Crippen LogP contribution in [-0.2, 0) is 0 Å². The standard InChI is InChI=1S/C25H30FN5O3/c1-17-11-19(14-22(26)27-17)30-9-6-25(7-10-30)5-4-8-31(16-25)24-28-23(29-34-24)18-12-20(32-2)15-21(13-18)33-3/h11-15H,4-10,16H2,1-3H3. The molecule has 3 aromatic rings. The predicted octanol–water partition coefficient (Wildman–Crippen LogP) is 4.48. The number of rotatable bonds is 5. The first-order valence-corrected chi connectivity index (χ1v) is 11.7. The van der Waals surface area contributed by atoms with E-state index >= 15 is 0 Å². The van der Waals surface area contributed by atoms with Gasteiger partial charge in [0.05, 0.1) is 14.2 Å². The summed E-state index contributed by atoms with van der Waals surface area (Å²) in [7, 11) is 3.23. The zero-order valence-electron chi connectivity index (χ0n) is 19.9. The highest BCUT2D eigenvalue weighted by atomic mass is 19.1. The van der Waals surface area contributed by atoms with Crippen molar-refractivity contribution in [3.05, 3.63) is 42.0 Å². The number of anilines is 2. The molecule has 0 unspecified atom stereocenters. The van der Waals surface area contributed by atoms with Crippen molar-refractivity contribution < 1.29 is 18.4 Å². The van der Waals surface area contributed by atoms with E-state index in [0.717, 1.165) is 56.7 Å². The maximum Gasteiger partial charge on any atom is 0.324 e. The number of benzene rings is 1. The molecule has 9 heteroatoms. The normalized spacial score (nSPS) is 17.8. The fourth-order valence-electron chi connectivity index (χ4n) is 5.21. The minimum atomic E-state index is -0.417. The summed E-state index contributed by atoms with van der Waals surface area (Å²) >= 11 is 0. The van der Waals surface area contributed by atoms with Crippen molar-refractivity contribution in [3.8, 4) is 22.9 Å². The first-order valence-electron chi connectivity index (χ1n) is 11.7.